The van der Waals surface area contributed by atoms with E-state index in [0.29, 0.717) is 0 Å². The van der Waals surface area contributed by atoms with E-state index in [9.17, 15) is 0 Å². The first-order valence-corrected chi connectivity index (χ1v) is 6.31. The van der Waals surface area contributed by atoms with Gasteiger partial charge in [0.2, 0.25) is 0 Å². The second-order valence-corrected chi connectivity index (χ2v) is 5.13. The Morgan fingerprint density at radius 2 is 1.71 bits per heavy atom. The van der Waals surface area contributed by atoms with Crippen molar-refractivity contribution in [3.05, 3.63) is 0 Å². The molecule has 2 N–H and O–H groups in total. The summed E-state index contributed by atoms with van der Waals surface area (Å²) in [5.74, 6) is 1.84. The lowest BCUT2D eigenvalue weighted by atomic mass is 9.85. The van der Waals surface area contributed by atoms with Crippen molar-refractivity contribution >= 4 is 0 Å². The lowest BCUT2D eigenvalue weighted by molar-refractivity contribution is 0.181. The second-order valence-electron chi connectivity index (χ2n) is 5.13. The Morgan fingerprint density at radius 3 is 2.36 bits per heavy atom. The number of rotatable bonds is 3. The summed E-state index contributed by atoms with van der Waals surface area (Å²) in [6, 6.07) is 0. The van der Waals surface area contributed by atoms with E-state index in [-0.39, 0.29) is 0 Å². The zero-order valence-corrected chi connectivity index (χ0v) is 9.25. The van der Waals surface area contributed by atoms with Crippen LogP contribution in [0.3, 0.4) is 0 Å². The van der Waals surface area contributed by atoms with E-state index in [1.807, 2.05) is 0 Å². The van der Waals surface area contributed by atoms with Gasteiger partial charge in [-0.3, -0.25) is 0 Å². The smallest absolute Gasteiger partial charge is 0.000966 e. The fourth-order valence-electron chi connectivity index (χ4n) is 2.68. The topological polar surface area (TPSA) is 29.3 Å². The number of nitrogens with zero attached hydrogens (tertiary/aromatic N) is 1. The molecule has 2 fully saturated rings. The molecule has 1 unspecified atom stereocenters. The van der Waals surface area contributed by atoms with Gasteiger partial charge in [0.1, 0.15) is 0 Å². The molecule has 0 aromatic heterocycles. The lowest BCUT2D eigenvalue weighted by Crippen LogP contribution is -2.33. The summed E-state index contributed by atoms with van der Waals surface area (Å²) in [5, 5.41) is 0. The third-order valence-electron chi connectivity index (χ3n) is 4.01. The van der Waals surface area contributed by atoms with E-state index < -0.39 is 0 Å². The fourth-order valence-corrected chi connectivity index (χ4v) is 2.68. The van der Waals surface area contributed by atoms with Crippen LogP contribution in [0.5, 0.6) is 0 Å². The van der Waals surface area contributed by atoms with Gasteiger partial charge in [0, 0.05) is 6.54 Å². The van der Waals surface area contributed by atoms with Crippen LogP contribution in [-0.2, 0) is 0 Å². The van der Waals surface area contributed by atoms with Crippen LogP contribution in [0.25, 0.3) is 0 Å². The normalized spacial score (nSPS) is 31.1. The zero-order valence-electron chi connectivity index (χ0n) is 9.25. The van der Waals surface area contributed by atoms with Gasteiger partial charge in [0.25, 0.3) is 0 Å². The Labute approximate surface area is 87.8 Å². The van der Waals surface area contributed by atoms with Gasteiger partial charge in [-0.15, -0.1) is 0 Å². The van der Waals surface area contributed by atoms with Crippen LogP contribution in [0, 0.1) is 11.8 Å². The Hall–Kier alpha value is -0.0800. The molecule has 1 atom stereocenters. The molecule has 1 aliphatic heterocycles. The summed E-state index contributed by atoms with van der Waals surface area (Å²) < 4.78 is 0. The molecule has 0 radical (unpaired) electrons. The highest BCUT2D eigenvalue weighted by molar-refractivity contribution is 4.76. The maximum atomic E-state index is 5.74. The minimum Gasteiger partial charge on any atom is -0.330 e. The van der Waals surface area contributed by atoms with Crippen molar-refractivity contribution in [2.75, 3.05) is 26.2 Å². The van der Waals surface area contributed by atoms with Gasteiger partial charge in [-0.1, -0.05) is 6.42 Å². The molecule has 2 nitrogen and oxygen atoms in total. The third kappa shape index (κ3) is 2.71. The van der Waals surface area contributed by atoms with Gasteiger partial charge in [-0.05, 0) is 63.6 Å². The Bertz CT molecular complexity index is 166. The molecule has 1 heterocycles. The molecule has 2 aliphatic rings. The molecular formula is C12H24N2. The molecular weight excluding hydrogens is 172 g/mol. The third-order valence-corrected chi connectivity index (χ3v) is 4.01. The van der Waals surface area contributed by atoms with Gasteiger partial charge >= 0.3 is 0 Å². The van der Waals surface area contributed by atoms with Crippen LogP contribution in [0.15, 0.2) is 0 Å². The minimum atomic E-state index is 0.807. The summed E-state index contributed by atoms with van der Waals surface area (Å²) in [5.41, 5.74) is 5.74. The summed E-state index contributed by atoms with van der Waals surface area (Å²) in [6.45, 7) is 4.90. The average molecular weight is 196 g/mol. The summed E-state index contributed by atoms with van der Waals surface area (Å²) in [4.78, 5) is 2.68. The first kappa shape index (κ1) is 10.4. The summed E-state index contributed by atoms with van der Waals surface area (Å²) >= 11 is 0. The van der Waals surface area contributed by atoms with E-state index in [2.05, 4.69) is 4.90 Å². The molecule has 0 aromatic carbocycles. The van der Waals surface area contributed by atoms with Crippen LogP contribution in [0.4, 0.5) is 0 Å². The maximum Gasteiger partial charge on any atom is 0.000966 e. The number of hydrogen-bond donors (Lipinski definition) is 1. The van der Waals surface area contributed by atoms with Crippen LogP contribution >= 0.6 is 0 Å². The Morgan fingerprint density at radius 1 is 0.929 bits per heavy atom. The van der Waals surface area contributed by atoms with E-state index in [1.165, 1.54) is 58.2 Å². The van der Waals surface area contributed by atoms with Gasteiger partial charge in [0.05, 0.1) is 0 Å². The molecule has 0 amide bonds. The van der Waals surface area contributed by atoms with E-state index in [0.717, 1.165) is 18.4 Å². The van der Waals surface area contributed by atoms with Crippen LogP contribution in [0.1, 0.15) is 38.5 Å². The number of likely N-dealkylation sites (tertiary alicyclic amines) is 1. The molecule has 2 rings (SSSR count). The zero-order chi connectivity index (χ0) is 9.80. The van der Waals surface area contributed by atoms with Gasteiger partial charge in [-0.25, -0.2) is 0 Å². The van der Waals surface area contributed by atoms with Crippen molar-refractivity contribution in [3.8, 4) is 0 Å². The molecule has 0 aromatic rings. The highest BCUT2D eigenvalue weighted by atomic mass is 15.1. The first-order valence-electron chi connectivity index (χ1n) is 6.31. The molecule has 1 saturated heterocycles. The SMILES string of the molecule is NCC1CCCN(CC2CCC2)CC1. The molecule has 0 bridgehead atoms. The standard InChI is InChI=1S/C12H24N2/c13-9-11-5-2-7-14(8-6-11)10-12-3-1-4-12/h11-12H,1-10,13H2. The van der Waals surface area contributed by atoms with Crippen molar-refractivity contribution in [1.29, 1.82) is 0 Å². The van der Waals surface area contributed by atoms with Crippen LogP contribution in [-0.4, -0.2) is 31.1 Å². The Balaban J connectivity index is 1.71. The number of hydrogen-bond acceptors (Lipinski definition) is 2. The molecule has 0 spiro atoms. The van der Waals surface area contributed by atoms with Crippen molar-refractivity contribution in [2.45, 2.75) is 38.5 Å². The average Bonchev–Trinajstić information content (AvgIpc) is 2.36. The van der Waals surface area contributed by atoms with Crippen LogP contribution in [0.2, 0.25) is 0 Å². The Kier molecular flexibility index (Phi) is 3.82. The lowest BCUT2D eigenvalue weighted by Gasteiger charge is -2.31. The van der Waals surface area contributed by atoms with Gasteiger partial charge in [-0.2, -0.15) is 0 Å². The van der Waals surface area contributed by atoms with Gasteiger partial charge < -0.3 is 10.6 Å². The van der Waals surface area contributed by atoms with Gasteiger partial charge in [0.15, 0.2) is 0 Å². The summed E-state index contributed by atoms with van der Waals surface area (Å²) in [7, 11) is 0. The van der Waals surface area contributed by atoms with E-state index >= 15 is 0 Å². The second kappa shape index (κ2) is 5.13. The molecule has 14 heavy (non-hydrogen) atoms. The first-order chi connectivity index (χ1) is 6.88. The van der Waals surface area contributed by atoms with Crippen LogP contribution < -0.4 is 5.73 Å². The predicted octanol–water partition coefficient (Wildman–Crippen LogP) is 1.85. The van der Waals surface area contributed by atoms with Crippen molar-refractivity contribution in [1.82, 2.24) is 4.90 Å². The molecule has 1 aliphatic carbocycles. The highest BCUT2D eigenvalue weighted by Crippen LogP contribution is 2.28. The van der Waals surface area contributed by atoms with Crippen molar-refractivity contribution in [3.63, 3.8) is 0 Å². The number of nitrogens with two attached hydrogens (primary N) is 1. The predicted molar refractivity (Wildman–Crippen MR) is 60.2 cm³/mol. The largest absolute Gasteiger partial charge is 0.330 e. The monoisotopic (exact) mass is 196 g/mol. The fraction of sp³-hybridized carbons (Fsp3) is 1.00. The molecule has 82 valence electrons. The van der Waals surface area contributed by atoms with Crippen molar-refractivity contribution < 1.29 is 0 Å². The van der Waals surface area contributed by atoms with Crippen molar-refractivity contribution in [2.24, 2.45) is 17.6 Å². The maximum absolute atomic E-state index is 5.74. The highest BCUT2D eigenvalue weighted by Gasteiger charge is 2.22. The van der Waals surface area contributed by atoms with E-state index in [1.54, 1.807) is 0 Å². The quantitative estimate of drug-likeness (QED) is 0.746. The molecule has 2 heteroatoms. The molecule has 1 saturated carbocycles. The summed E-state index contributed by atoms with van der Waals surface area (Å²) in [6.07, 6.45) is 8.51. The minimum absolute atomic E-state index is 0.807. The van der Waals surface area contributed by atoms with E-state index in [4.69, 9.17) is 5.73 Å².